The van der Waals surface area contributed by atoms with Crippen LogP contribution in [0.2, 0.25) is 0 Å². The van der Waals surface area contributed by atoms with E-state index in [9.17, 15) is 20.4 Å². The topological polar surface area (TPSA) is 80.9 Å². The molecule has 0 amide bonds. The average Bonchev–Trinajstić information content (AvgIpc) is 2.71. The highest BCUT2D eigenvalue weighted by Gasteiger charge is 2.06. The molecule has 150 valence electrons. The Kier molecular flexibility index (Phi) is 5.31. The highest BCUT2D eigenvalue weighted by Crippen LogP contribution is 2.30. The lowest BCUT2D eigenvalue weighted by molar-refractivity contribution is 0.450. The molecule has 0 fully saturated rings. The summed E-state index contributed by atoms with van der Waals surface area (Å²) in [6, 6.07) is 25.2. The third-order valence-electron chi connectivity index (χ3n) is 5.03. The number of rotatable bonds is 5. The molecule has 0 aliphatic rings. The molecule has 0 saturated heterocycles. The number of aryl methyl sites for hydroxylation is 2. The van der Waals surface area contributed by atoms with Crippen LogP contribution in [0.25, 0.3) is 22.3 Å². The number of hydrogen-bond acceptors (Lipinski definition) is 4. The minimum Gasteiger partial charge on any atom is -0.508 e. The molecule has 0 heterocycles. The smallest absolute Gasteiger partial charge is 0.119 e. The summed E-state index contributed by atoms with van der Waals surface area (Å²) in [5.74, 6) is 0.130. The van der Waals surface area contributed by atoms with Gasteiger partial charge in [0.2, 0.25) is 0 Å². The minimum atomic E-state index is 0.0326. The van der Waals surface area contributed by atoms with Crippen LogP contribution in [0.4, 0.5) is 0 Å². The Balaban J connectivity index is 1.53. The van der Waals surface area contributed by atoms with Crippen molar-refractivity contribution in [2.75, 3.05) is 0 Å². The average molecular weight is 398 g/mol. The number of aromatic hydroxyl groups is 4. The maximum atomic E-state index is 9.74. The zero-order valence-electron chi connectivity index (χ0n) is 16.3. The van der Waals surface area contributed by atoms with Gasteiger partial charge in [-0.05, 0) is 70.5 Å². The van der Waals surface area contributed by atoms with Crippen molar-refractivity contribution in [1.82, 2.24) is 0 Å². The zero-order valence-corrected chi connectivity index (χ0v) is 16.3. The lowest BCUT2D eigenvalue weighted by atomic mass is 9.97. The first kappa shape index (κ1) is 19.4. The molecule has 4 nitrogen and oxygen atoms in total. The molecule has 0 bridgehead atoms. The third-order valence-corrected chi connectivity index (χ3v) is 5.03. The predicted molar refractivity (Wildman–Crippen MR) is 118 cm³/mol. The number of phenolic OH excluding ortho intramolecular Hbond substituents is 4. The Morgan fingerprint density at radius 3 is 1.13 bits per heavy atom. The highest BCUT2D eigenvalue weighted by molar-refractivity contribution is 5.68. The SMILES string of the molecule is Oc1cc(O)cc(-c2cccc(CCc3cccc(-c4cc(O)cc(O)c4)c3)c2)c1. The Hall–Kier alpha value is -3.92. The number of phenols is 4. The summed E-state index contributed by atoms with van der Waals surface area (Å²) in [7, 11) is 0. The van der Waals surface area contributed by atoms with Crippen LogP contribution in [0.5, 0.6) is 23.0 Å². The first-order chi connectivity index (χ1) is 14.5. The van der Waals surface area contributed by atoms with Crippen LogP contribution in [0.3, 0.4) is 0 Å². The van der Waals surface area contributed by atoms with Crippen molar-refractivity contribution in [2.24, 2.45) is 0 Å². The van der Waals surface area contributed by atoms with E-state index in [0.717, 1.165) is 46.2 Å². The van der Waals surface area contributed by atoms with Crippen molar-refractivity contribution in [3.63, 3.8) is 0 Å². The van der Waals surface area contributed by atoms with Gasteiger partial charge in [-0.25, -0.2) is 0 Å². The van der Waals surface area contributed by atoms with Crippen LogP contribution >= 0.6 is 0 Å². The Labute approximate surface area is 175 Å². The van der Waals surface area contributed by atoms with Crippen molar-refractivity contribution < 1.29 is 20.4 Å². The van der Waals surface area contributed by atoms with Crippen molar-refractivity contribution in [3.05, 3.63) is 96.1 Å². The highest BCUT2D eigenvalue weighted by atomic mass is 16.3. The molecule has 4 N–H and O–H groups in total. The van der Waals surface area contributed by atoms with Gasteiger partial charge >= 0.3 is 0 Å². The van der Waals surface area contributed by atoms with Gasteiger partial charge in [0.15, 0.2) is 0 Å². The fourth-order valence-corrected chi connectivity index (χ4v) is 3.63. The van der Waals surface area contributed by atoms with Gasteiger partial charge in [0.1, 0.15) is 23.0 Å². The quantitative estimate of drug-likeness (QED) is 0.351. The van der Waals surface area contributed by atoms with Gasteiger partial charge in [0, 0.05) is 12.1 Å². The van der Waals surface area contributed by atoms with Crippen LogP contribution in [-0.2, 0) is 12.8 Å². The van der Waals surface area contributed by atoms with Crippen LogP contribution in [0.15, 0.2) is 84.9 Å². The van der Waals surface area contributed by atoms with Gasteiger partial charge in [-0.15, -0.1) is 0 Å². The molecule has 4 rings (SSSR count). The van der Waals surface area contributed by atoms with Crippen LogP contribution < -0.4 is 0 Å². The Morgan fingerprint density at radius 1 is 0.400 bits per heavy atom. The van der Waals surface area contributed by atoms with Crippen molar-refractivity contribution in [3.8, 4) is 45.3 Å². The van der Waals surface area contributed by atoms with E-state index in [4.69, 9.17) is 0 Å². The van der Waals surface area contributed by atoms with Gasteiger partial charge in [0.05, 0.1) is 0 Å². The van der Waals surface area contributed by atoms with E-state index in [0.29, 0.717) is 0 Å². The largest absolute Gasteiger partial charge is 0.508 e. The van der Waals surface area contributed by atoms with E-state index >= 15 is 0 Å². The van der Waals surface area contributed by atoms with E-state index in [1.807, 2.05) is 24.3 Å². The molecule has 4 aromatic carbocycles. The van der Waals surface area contributed by atoms with Crippen molar-refractivity contribution in [1.29, 1.82) is 0 Å². The summed E-state index contributed by atoms with van der Waals surface area (Å²) >= 11 is 0. The van der Waals surface area contributed by atoms with Crippen LogP contribution in [-0.4, -0.2) is 20.4 Å². The molecule has 0 saturated carbocycles. The molecule has 0 aromatic heterocycles. The van der Waals surface area contributed by atoms with E-state index in [2.05, 4.69) is 24.3 Å². The number of benzene rings is 4. The second-order valence-electron chi connectivity index (χ2n) is 7.38. The van der Waals surface area contributed by atoms with Gasteiger partial charge in [-0.2, -0.15) is 0 Å². The Morgan fingerprint density at radius 2 is 0.767 bits per heavy atom. The van der Waals surface area contributed by atoms with E-state index in [1.165, 1.54) is 12.1 Å². The number of hydrogen-bond donors (Lipinski definition) is 4. The van der Waals surface area contributed by atoms with Gasteiger partial charge in [-0.1, -0.05) is 48.5 Å². The second-order valence-corrected chi connectivity index (χ2v) is 7.38. The molecule has 0 spiro atoms. The standard InChI is InChI=1S/C26H22O4/c27-23-11-21(12-24(28)15-23)19-5-1-3-17(9-19)7-8-18-4-2-6-20(10-18)22-13-25(29)16-26(30)14-22/h1-6,9-16,27-30H,7-8H2. The van der Waals surface area contributed by atoms with Crippen LogP contribution in [0.1, 0.15) is 11.1 Å². The maximum absolute atomic E-state index is 9.74. The molecule has 0 atom stereocenters. The summed E-state index contributed by atoms with van der Waals surface area (Å²) < 4.78 is 0. The molecular formula is C26H22O4. The monoisotopic (exact) mass is 398 g/mol. The van der Waals surface area contributed by atoms with Gasteiger partial charge in [0.25, 0.3) is 0 Å². The molecule has 30 heavy (non-hydrogen) atoms. The lowest BCUT2D eigenvalue weighted by Crippen LogP contribution is -1.92. The van der Waals surface area contributed by atoms with E-state index < -0.39 is 0 Å². The normalized spacial score (nSPS) is 10.8. The molecule has 0 unspecified atom stereocenters. The minimum absolute atomic E-state index is 0.0326. The Bertz CT molecular complexity index is 1060. The molecular weight excluding hydrogens is 376 g/mol. The first-order valence-corrected chi connectivity index (χ1v) is 9.71. The first-order valence-electron chi connectivity index (χ1n) is 9.71. The van der Waals surface area contributed by atoms with Gasteiger partial charge in [-0.3, -0.25) is 0 Å². The van der Waals surface area contributed by atoms with E-state index in [-0.39, 0.29) is 23.0 Å². The second kappa shape index (κ2) is 8.21. The summed E-state index contributed by atoms with van der Waals surface area (Å²) in [6.45, 7) is 0. The maximum Gasteiger partial charge on any atom is 0.119 e. The van der Waals surface area contributed by atoms with Crippen molar-refractivity contribution >= 4 is 0 Å². The molecule has 0 radical (unpaired) electrons. The van der Waals surface area contributed by atoms with Gasteiger partial charge < -0.3 is 20.4 Å². The summed E-state index contributed by atoms with van der Waals surface area (Å²) in [6.07, 6.45) is 1.65. The lowest BCUT2D eigenvalue weighted by Gasteiger charge is -2.09. The van der Waals surface area contributed by atoms with Crippen LogP contribution in [0, 0.1) is 0 Å². The molecule has 0 aliphatic heterocycles. The molecule has 4 aromatic rings. The summed E-state index contributed by atoms with van der Waals surface area (Å²) in [5, 5.41) is 39.0. The zero-order chi connectivity index (χ0) is 21.1. The molecule has 4 heteroatoms. The summed E-state index contributed by atoms with van der Waals surface area (Å²) in [4.78, 5) is 0. The predicted octanol–water partition coefficient (Wildman–Crippen LogP) is 5.63. The fraction of sp³-hybridized carbons (Fsp3) is 0.0769. The van der Waals surface area contributed by atoms with Crippen molar-refractivity contribution in [2.45, 2.75) is 12.8 Å². The van der Waals surface area contributed by atoms with E-state index in [1.54, 1.807) is 24.3 Å². The fourth-order valence-electron chi connectivity index (χ4n) is 3.63. The third kappa shape index (κ3) is 4.55. The summed E-state index contributed by atoms with van der Waals surface area (Å²) in [5.41, 5.74) is 5.69. The molecule has 0 aliphatic carbocycles.